The molecule has 2 aromatic carbocycles. The zero-order valence-electron chi connectivity index (χ0n) is 13.5. The molecule has 122 valence electrons. The van der Waals surface area contributed by atoms with Gasteiger partial charge < -0.3 is 5.32 Å². The number of benzene rings is 2. The van der Waals surface area contributed by atoms with E-state index < -0.39 is 0 Å². The van der Waals surface area contributed by atoms with Crippen molar-refractivity contribution in [3.05, 3.63) is 70.3 Å². The lowest BCUT2D eigenvalue weighted by molar-refractivity contribution is -0.115. The molecule has 0 unspecified atom stereocenters. The Morgan fingerprint density at radius 3 is 2.67 bits per heavy atom. The van der Waals surface area contributed by atoms with Gasteiger partial charge in [0.1, 0.15) is 5.82 Å². The van der Waals surface area contributed by atoms with Crippen molar-refractivity contribution in [3.63, 3.8) is 0 Å². The van der Waals surface area contributed by atoms with Crippen molar-refractivity contribution < 1.29 is 4.79 Å². The van der Waals surface area contributed by atoms with E-state index in [1.54, 1.807) is 4.57 Å². The molecular formula is C18H18N4OS. The van der Waals surface area contributed by atoms with Gasteiger partial charge in [-0.1, -0.05) is 35.9 Å². The van der Waals surface area contributed by atoms with Crippen molar-refractivity contribution in [1.29, 1.82) is 0 Å². The summed E-state index contributed by atoms with van der Waals surface area (Å²) in [5.41, 5.74) is 3.89. The third-order valence-electron chi connectivity index (χ3n) is 3.73. The second-order valence-electron chi connectivity index (χ2n) is 5.66. The molecule has 0 spiro atoms. The molecule has 0 atom stereocenters. The zero-order valence-corrected chi connectivity index (χ0v) is 14.4. The molecule has 0 aliphatic rings. The van der Waals surface area contributed by atoms with Gasteiger partial charge in [0.2, 0.25) is 5.91 Å². The van der Waals surface area contributed by atoms with Crippen LogP contribution in [0.5, 0.6) is 0 Å². The summed E-state index contributed by atoms with van der Waals surface area (Å²) >= 11 is 5.29. The zero-order chi connectivity index (χ0) is 17.1. The van der Waals surface area contributed by atoms with Crippen LogP contribution < -0.4 is 5.32 Å². The molecule has 3 rings (SSSR count). The van der Waals surface area contributed by atoms with E-state index in [-0.39, 0.29) is 12.3 Å². The number of carbonyl (C=O) groups is 1. The van der Waals surface area contributed by atoms with Gasteiger partial charge in [-0.25, -0.2) is 0 Å². The van der Waals surface area contributed by atoms with Crippen LogP contribution in [-0.4, -0.2) is 20.7 Å². The summed E-state index contributed by atoms with van der Waals surface area (Å²) in [6, 6.07) is 15.6. The van der Waals surface area contributed by atoms with E-state index in [1.807, 2.05) is 62.4 Å². The Labute approximate surface area is 145 Å². The van der Waals surface area contributed by atoms with E-state index in [9.17, 15) is 4.79 Å². The highest BCUT2D eigenvalue weighted by Crippen LogP contribution is 2.17. The number of para-hydroxylation sites is 1. The topological polar surface area (TPSA) is 62.7 Å². The number of nitrogens with one attached hydrogen (secondary N) is 2. The van der Waals surface area contributed by atoms with Gasteiger partial charge in [-0.2, -0.15) is 5.10 Å². The normalized spacial score (nSPS) is 10.6. The lowest BCUT2D eigenvalue weighted by atomic mass is 10.1. The predicted octanol–water partition coefficient (Wildman–Crippen LogP) is 3.73. The molecule has 1 heterocycles. The molecule has 24 heavy (non-hydrogen) atoms. The standard InChI is InChI=1S/C18H18N4OS/c1-12-8-9-15(13(2)10-12)19-17(23)11-16-20-21-18(24)22(16)14-6-4-3-5-7-14/h3-10H,11H2,1-2H3,(H,19,23)(H,21,24). The molecule has 3 aromatic rings. The van der Waals surface area contributed by atoms with Crippen molar-refractivity contribution in [2.24, 2.45) is 0 Å². The maximum absolute atomic E-state index is 12.4. The highest BCUT2D eigenvalue weighted by molar-refractivity contribution is 7.71. The van der Waals surface area contributed by atoms with Gasteiger partial charge in [-0.3, -0.25) is 14.5 Å². The van der Waals surface area contributed by atoms with Crippen molar-refractivity contribution in [2.75, 3.05) is 5.32 Å². The number of hydrogen-bond acceptors (Lipinski definition) is 3. The number of amides is 1. The van der Waals surface area contributed by atoms with Gasteiger partial charge in [0.05, 0.1) is 6.42 Å². The molecule has 6 heteroatoms. The molecule has 0 saturated carbocycles. The largest absolute Gasteiger partial charge is 0.325 e. The van der Waals surface area contributed by atoms with Crippen molar-refractivity contribution >= 4 is 23.8 Å². The Balaban J connectivity index is 1.82. The van der Waals surface area contributed by atoms with E-state index in [0.29, 0.717) is 10.6 Å². The van der Waals surface area contributed by atoms with Crippen molar-refractivity contribution in [3.8, 4) is 5.69 Å². The van der Waals surface area contributed by atoms with Crippen LogP contribution in [0.1, 0.15) is 17.0 Å². The molecule has 5 nitrogen and oxygen atoms in total. The average Bonchev–Trinajstić information content (AvgIpc) is 2.91. The summed E-state index contributed by atoms with van der Waals surface area (Å²) in [6.45, 7) is 4.00. The first-order valence-corrected chi connectivity index (χ1v) is 8.04. The molecular weight excluding hydrogens is 320 g/mol. The molecule has 0 saturated heterocycles. The fourth-order valence-corrected chi connectivity index (χ4v) is 2.84. The third kappa shape index (κ3) is 3.44. The monoisotopic (exact) mass is 338 g/mol. The van der Waals surface area contributed by atoms with Crippen LogP contribution in [0.2, 0.25) is 0 Å². The number of nitrogens with zero attached hydrogens (tertiary/aromatic N) is 2. The first-order chi connectivity index (χ1) is 11.5. The van der Waals surface area contributed by atoms with E-state index in [2.05, 4.69) is 15.5 Å². The van der Waals surface area contributed by atoms with Gasteiger partial charge in [0.25, 0.3) is 0 Å². The molecule has 0 radical (unpaired) electrons. The second kappa shape index (κ2) is 6.80. The average molecular weight is 338 g/mol. The summed E-state index contributed by atoms with van der Waals surface area (Å²) < 4.78 is 2.24. The Kier molecular flexibility index (Phi) is 4.57. The fraction of sp³-hybridized carbons (Fsp3) is 0.167. The summed E-state index contributed by atoms with van der Waals surface area (Å²) in [6.07, 6.45) is 0.134. The molecule has 0 aliphatic heterocycles. The number of aryl methyl sites for hydroxylation is 2. The fourth-order valence-electron chi connectivity index (χ4n) is 2.58. The quantitative estimate of drug-likeness (QED) is 0.713. The number of rotatable bonds is 4. The summed E-state index contributed by atoms with van der Waals surface area (Å²) in [4.78, 5) is 12.4. The second-order valence-corrected chi connectivity index (χ2v) is 6.05. The SMILES string of the molecule is Cc1ccc(NC(=O)Cc2n[nH]c(=S)n2-c2ccccc2)c(C)c1. The predicted molar refractivity (Wildman–Crippen MR) is 97.0 cm³/mol. The third-order valence-corrected chi connectivity index (χ3v) is 4.00. The number of carbonyl (C=O) groups excluding carboxylic acids is 1. The van der Waals surface area contributed by atoms with Crippen LogP contribution in [0, 0.1) is 18.6 Å². The first kappa shape index (κ1) is 16.1. The van der Waals surface area contributed by atoms with Crippen LogP contribution in [0.3, 0.4) is 0 Å². The Bertz CT molecular complexity index is 928. The van der Waals surface area contributed by atoms with Gasteiger partial charge in [0.15, 0.2) is 4.77 Å². The highest BCUT2D eigenvalue weighted by Gasteiger charge is 2.13. The molecule has 1 amide bonds. The number of anilines is 1. The van der Waals surface area contributed by atoms with E-state index in [4.69, 9.17) is 12.2 Å². The van der Waals surface area contributed by atoms with Crippen LogP contribution in [-0.2, 0) is 11.2 Å². The summed E-state index contributed by atoms with van der Waals surface area (Å²) in [5.74, 6) is 0.446. The van der Waals surface area contributed by atoms with E-state index in [1.165, 1.54) is 0 Å². The lowest BCUT2D eigenvalue weighted by Gasteiger charge is -2.10. The minimum atomic E-state index is -0.131. The molecule has 0 bridgehead atoms. The van der Waals surface area contributed by atoms with Crippen molar-refractivity contribution in [2.45, 2.75) is 20.3 Å². The molecule has 1 aromatic heterocycles. The van der Waals surface area contributed by atoms with E-state index >= 15 is 0 Å². The number of hydrogen-bond donors (Lipinski definition) is 2. The lowest BCUT2D eigenvalue weighted by Crippen LogP contribution is -2.18. The minimum absolute atomic E-state index is 0.131. The smallest absolute Gasteiger partial charge is 0.232 e. The van der Waals surface area contributed by atoms with Crippen LogP contribution in [0.4, 0.5) is 5.69 Å². The Hall–Kier alpha value is -2.73. The molecule has 0 aliphatic carbocycles. The van der Waals surface area contributed by atoms with E-state index in [0.717, 1.165) is 22.5 Å². The van der Waals surface area contributed by atoms with Gasteiger partial charge in [0, 0.05) is 11.4 Å². The summed E-state index contributed by atoms with van der Waals surface area (Å²) in [7, 11) is 0. The van der Waals surface area contributed by atoms with Crippen LogP contribution in [0.25, 0.3) is 5.69 Å². The number of aromatic amines is 1. The van der Waals surface area contributed by atoms with Crippen molar-refractivity contribution in [1.82, 2.24) is 14.8 Å². The Morgan fingerprint density at radius 1 is 1.21 bits per heavy atom. The molecule has 0 fully saturated rings. The molecule has 2 N–H and O–H groups in total. The maximum atomic E-state index is 12.4. The minimum Gasteiger partial charge on any atom is -0.325 e. The maximum Gasteiger partial charge on any atom is 0.232 e. The first-order valence-electron chi connectivity index (χ1n) is 7.63. The highest BCUT2D eigenvalue weighted by atomic mass is 32.1. The summed E-state index contributed by atoms with van der Waals surface area (Å²) in [5, 5.41) is 9.89. The van der Waals surface area contributed by atoms with Crippen LogP contribution >= 0.6 is 12.2 Å². The Morgan fingerprint density at radius 2 is 1.96 bits per heavy atom. The number of H-pyrrole nitrogens is 1. The van der Waals surface area contributed by atoms with Gasteiger partial charge in [-0.15, -0.1) is 0 Å². The number of aromatic nitrogens is 3. The van der Waals surface area contributed by atoms with Crippen LogP contribution in [0.15, 0.2) is 48.5 Å². The van der Waals surface area contributed by atoms with Gasteiger partial charge in [-0.05, 0) is 49.8 Å². The van der Waals surface area contributed by atoms with Gasteiger partial charge >= 0.3 is 0 Å².